The number of nitrogens with zero attached hydrogens (tertiary/aromatic N) is 2. The predicted octanol–water partition coefficient (Wildman–Crippen LogP) is 3.64. The number of imidazole rings is 1. The minimum Gasteiger partial charge on any atom is -0.318 e. The van der Waals surface area contributed by atoms with Crippen molar-refractivity contribution in [3.63, 3.8) is 0 Å². The zero-order valence-electron chi connectivity index (χ0n) is 8.79. The van der Waals surface area contributed by atoms with Crippen LogP contribution in [0.15, 0.2) is 24.3 Å². The Morgan fingerprint density at radius 3 is 2.43 bits per heavy atom. The van der Waals surface area contributed by atoms with Gasteiger partial charge in [0.1, 0.15) is 0 Å². The lowest BCUT2D eigenvalue weighted by Gasteiger charge is -1.92. The van der Waals surface area contributed by atoms with Crippen molar-refractivity contribution in [1.29, 1.82) is 0 Å². The smallest absolute Gasteiger partial charge is 0.203 e. The molecule has 0 atom stereocenters. The fraction of sp³-hybridized carbons (Fsp3) is 0.364. The van der Waals surface area contributed by atoms with Crippen molar-refractivity contribution in [2.75, 3.05) is 0 Å². The van der Waals surface area contributed by atoms with Gasteiger partial charge in [-0.1, -0.05) is 32.4 Å². The molecule has 0 saturated carbocycles. The fourth-order valence-electron chi connectivity index (χ4n) is 1.12. The second kappa shape index (κ2) is 5.01. The number of aryl methyl sites for hydroxylation is 1. The van der Waals surface area contributed by atoms with Crippen molar-refractivity contribution in [2.24, 2.45) is 7.05 Å². The zero-order chi connectivity index (χ0) is 10.6. The van der Waals surface area contributed by atoms with Crippen LogP contribution in [0.25, 0.3) is 11.0 Å². The van der Waals surface area contributed by atoms with E-state index >= 15 is 0 Å². The molecule has 2 rings (SSSR count). The molecule has 1 aromatic heterocycles. The van der Waals surface area contributed by atoms with Gasteiger partial charge < -0.3 is 4.57 Å². The second-order valence-electron chi connectivity index (χ2n) is 3.14. The van der Waals surface area contributed by atoms with E-state index in [1.165, 1.54) is 6.42 Å². The molecule has 3 heteroatoms. The third-order valence-electron chi connectivity index (χ3n) is 1.73. The molecule has 14 heavy (non-hydrogen) atoms. The minimum absolute atomic E-state index is 0.534. The Balaban J connectivity index is 0.000000293. The van der Waals surface area contributed by atoms with Crippen LogP contribution in [0.5, 0.6) is 0 Å². The van der Waals surface area contributed by atoms with Crippen molar-refractivity contribution < 1.29 is 0 Å². The second-order valence-corrected chi connectivity index (χ2v) is 3.47. The number of rotatable bonds is 0. The van der Waals surface area contributed by atoms with Gasteiger partial charge in [-0.15, -0.1) is 0 Å². The van der Waals surface area contributed by atoms with Crippen molar-refractivity contribution in [3.05, 3.63) is 29.5 Å². The molecule has 0 saturated heterocycles. The van der Waals surface area contributed by atoms with Crippen LogP contribution in [0.2, 0.25) is 5.28 Å². The molecule has 2 nitrogen and oxygen atoms in total. The van der Waals surface area contributed by atoms with Crippen LogP contribution in [0, 0.1) is 0 Å². The highest BCUT2D eigenvalue weighted by molar-refractivity contribution is 6.29. The van der Waals surface area contributed by atoms with Gasteiger partial charge in [-0.25, -0.2) is 4.98 Å². The predicted molar refractivity (Wildman–Crippen MR) is 61.7 cm³/mol. The Morgan fingerprint density at radius 2 is 1.86 bits per heavy atom. The average Bonchev–Trinajstić information content (AvgIpc) is 2.45. The molecule has 1 aromatic carbocycles. The number of aromatic nitrogens is 2. The van der Waals surface area contributed by atoms with Crippen LogP contribution in [-0.2, 0) is 7.05 Å². The molecule has 2 aromatic rings. The fourth-order valence-corrected chi connectivity index (χ4v) is 1.30. The van der Waals surface area contributed by atoms with Crippen LogP contribution in [0.1, 0.15) is 20.3 Å². The van der Waals surface area contributed by atoms with Crippen LogP contribution in [0.3, 0.4) is 0 Å². The lowest BCUT2D eigenvalue weighted by Crippen LogP contribution is -1.85. The Morgan fingerprint density at radius 1 is 1.29 bits per heavy atom. The van der Waals surface area contributed by atoms with E-state index in [4.69, 9.17) is 11.6 Å². The standard InChI is InChI=1S/C8H7ClN2.C3H8/c1-11-7-5-3-2-4-6(7)10-8(11)9;1-3-2/h2-5H,1H3;3H2,1-2H3. The number of hydrogen-bond acceptors (Lipinski definition) is 1. The molecule has 0 fully saturated rings. The van der Waals surface area contributed by atoms with E-state index in [-0.39, 0.29) is 0 Å². The lowest BCUT2D eigenvalue weighted by molar-refractivity contribution is 0.949. The van der Waals surface area contributed by atoms with Crippen molar-refractivity contribution in [3.8, 4) is 0 Å². The molecule has 0 amide bonds. The molecule has 0 N–H and O–H groups in total. The third-order valence-corrected chi connectivity index (χ3v) is 2.07. The van der Waals surface area contributed by atoms with E-state index in [0.717, 1.165) is 11.0 Å². The van der Waals surface area contributed by atoms with Gasteiger partial charge in [0, 0.05) is 7.05 Å². The van der Waals surface area contributed by atoms with E-state index in [1.54, 1.807) is 0 Å². The van der Waals surface area contributed by atoms with Gasteiger partial charge in [0.25, 0.3) is 0 Å². The average molecular weight is 211 g/mol. The van der Waals surface area contributed by atoms with Crippen molar-refractivity contribution >= 4 is 22.6 Å². The molecular weight excluding hydrogens is 196 g/mol. The number of halogens is 1. The summed E-state index contributed by atoms with van der Waals surface area (Å²) >= 11 is 5.80. The summed E-state index contributed by atoms with van der Waals surface area (Å²) in [6, 6.07) is 7.86. The molecule has 1 heterocycles. The molecular formula is C11H15ClN2. The van der Waals surface area contributed by atoms with E-state index in [9.17, 15) is 0 Å². The van der Waals surface area contributed by atoms with Gasteiger partial charge >= 0.3 is 0 Å². The highest BCUT2D eigenvalue weighted by Crippen LogP contribution is 2.16. The van der Waals surface area contributed by atoms with E-state index in [1.807, 2.05) is 35.9 Å². The zero-order valence-corrected chi connectivity index (χ0v) is 9.54. The number of hydrogen-bond donors (Lipinski definition) is 0. The van der Waals surface area contributed by atoms with E-state index in [2.05, 4.69) is 18.8 Å². The molecule has 0 aliphatic rings. The Bertz CT molecular complexity index is 407. The first-order valence-corrected chi connectivity index (χ1v) is 5.15. The first kappa shape index (κ1) is 11.1. The first-order valence-electron chi connectivity index (χ1n) is 4.77. The molecule has 0 spiro atoms. The van der Waals surface area contributed by atoms with E-state index in [0.29, 0.717) is 5.28 Å². The van der Waals surface area contributed by atoms with Crippen LogP contribution in [0.4, 0.5) is 0 Å². The molecule has 0 unspecified atom stereocenters. The van der Waals surface area contributed by atoms with Gasteiger partial charge in [0.15, 0.2) is 0 Å². The van der Waals surface area contributed by atoms with Gasteiger partial charge in [0.05, 0.1) is 11.0 Å². The molecule has 76 valence electrons. The Kier molecular flexibility index (Phi) is 3.96. The summed E-state index contributed by atoms with van der Waals surface area (Å²) in [5.74, 6) is 0. The number of fused-ring (bicyclic) bond motifs is 1. The summed E-state index contributed by atoms with van der Waals surface area (Å²) in [5.41, 5.74) is 2.01. The summed E-state index contributed by atoms with van der Waals surface area (Å²) in [7, 11) is 1.90. The van der Waals surface area contributed by atoms with Crippen LogP contribution >= 0.6 is 11.6 Å². The lowest BCUT2D eigenvalue weighted by atomic mass is 10.3. The maximum atomic E-state index is 5.80. The summed E-state index contributed by atoms with van der Waals surface area (Å²) in [4.78, 5) is 4.14. The summed E-state index contributed by atoms with van der Waals surface area (Å²) in [6.07, 6.45) is 1.25. The van der Waals surface area contributed by atoms with Crippen LogP contribution in [-0.4, -0.2) is 9.55 Å². The Hall–Kier alpha value is -1.02. The normalized spacial score (nSPS) is 9.71. The monoisotopic (exact) mass is 210 g/mol. The largest absolute Gasteiger partial charge is 0.318 e. The Labute approximate surface area is 89.5 Å². The topological polar surface area (TPSA) is 17.8 Å². The SMILES string of the molecule is CCC.Cn1c(Cl)nc2ccccc21. The third kappa shape index (κ3) is 2.26. The quantitative estimate of drug-likeness (QED) is 0.649. The van der Waals surface area contributed by atoms with Crippen LogP contribution < -0.4 is 0 Å². The molecule has 0 bridgehead atoms. The number of para-hydroxylation sites is 2. The summed E-state index contributed by atoms with van der Waals surface area (Å²) in [5, 5.41) is 0.534. The molecule has 0 aliphatic heterocycles. The van der Waals surface area contributed by atoms with Gasteiger partial charge in [0.2, 0.25) is 5.28 Å². The maximum Gasteiger partial charge on any atom is 0.203 e. The molecule has 0 radical (unpaired) electrons. The van der Waals surface area contributed by atoms with Gasteiger partial charge in [-0.2, -0.15) is 0 Å². The summed E-state index contributed by atoms with van der Waals surface area (Å²) < 4.78 is 1.86. The maximum absolute atomic E-state index is 5.80. The highest BCUT2D eigenvalue weighted by atomic mass is 35.5. The van der Waals surface area contributed by atoms with E-state index < -0.39 is 0 Å². The van der Waals surface area contributed by atoms with Crippen molar-refractivity contribution in [2.45, 2.75) is 20.3 Å². The highest BCUT2D eigenvalue weighted by Gasteiger charge is 2.02. The number of benzene rings is 1. The van der Waals surface area contributed by atoms with Crippen molar-refractivity contribution in [1.82, 2.24) is 9.55 Å². The van der Waals surface area contributed by atoms with Gasteiger partial charge in [-0.05, 0) is 23.7 Å². The first-order chi connectivity index (χ1) is 6.70. The summed E-state index contributed by atoms with van der Waals surface area (Å²) in [6.45, 7) is 4.25. The minimum atomic E-state index is 0.534. The molecule has 0 aliphatic carbocycles. The van der Waals surface area contributed by atoms with Gasteiger partial charge in [-0.3, -0.25) is 0 Å².